The van der Waals surface area contributed by atoms with Crippen LogP contribution in [0.5, 0.6) is 5.75 Å². The normalized spacial score (nSPS) is 11.3. The molecule has 2 aromatic rings. The highest BCUT2D eigenvalue weighted by atomic mass is 32.1. The number of rotatable bonds is 5. The fourth-order valence-electron chi connectivity index (χ4n) is 1.72. The van der Waals surface area contributed by atoms with Gasteiger partial charge in [0.15, 0.2) is 6.61 Å². The van der Waals surface area contributed by atoms with Crippen LogP contribution in [0.1, 0.15) is 22.9 Å². The molecule has 0 saturated heterocycles. The summed E-state index contributed by atoms with van der Waals surface area (Å²) >= 11 is 1.58. The van der Waals surface area contributed by atoms with Gasteiger partial charge in [0.25, 0.3) is 5.91 Å². The SMILES string of the molecule is C/C(=N\NC(=O)COc1cc(C)ccc1C)c1cccs1. The summed E-state index contributed by atoms with van der Waals surface area (Å²) in [6, 6.07) is 9.81. The zero-order valence-electron chi connectivity index (χ0n) is 12.3. The van der Waals surface area contributed by atoms with E-state index in [0.29, 0.717) is 0 Å². The highest BCUT2D eigenvalue weighted by Crippen LogP contribution is 2.18. The molecule has 0 fully saturated rings. The molecule has 4 nitrogen and oxygen atoms in total. The Kier molecular flexibility index (Phi) is 5.11. The second-order valence-electron chi connectivity index (χ2n) is 4.77. The van der Waals surface area contributed by atoms with E-state index < -0.39 is 0 Å². The van der Waals surface area contributed by atoms with Crippen LogP contribution in [0, 0.1) is 13.8 Å². The summed E-state index contributed by atoms with van der Waals surface area (Å²) in [7, 11) is 0. The molecule has 1 aromatic carbocycles. The van der Waals surface area contributed by atoms with Crippen molar-refractivity contribution in [3.63, 3.8) is 0 Å². The standard InChI is InChI=1S/C16H18N2O2S/c1-11-6-7-12(2)14(9-11)20-10-16(19)18-17-13(3)15-5-4-8-21-15/h4-9H,10H2,1-3H3,(H,18,19)/b17-13+. The Morgan fingerprint density at radius 2 is 2.14 bits per heavy atom. The van der Waals surface area contributed by atoms with Crippen LogP contribution in [0.3, 0.4) is 0 Å². The maximum Gasteiger partial charge on any atom is 0.277 e. The highest BCUT2D eigenvalue weighted by Gasteiger charge is 2.05. The van der Waals surface area contributed by atoms with Gasteiger partial charge in [-0.2, -0.15) is 5.10 Å². The number of carbonyl (C=O) groups is 1. The smallest absolute Gasteiger partial charge is 0.277 e. The van der Waals surface area contributed by atoms with E-state index in [1.807, 2.05) is 56.5 Å². The third-order valence-electron chi connectivity index (χ3n) is 2.93. The minimum atomic E-state index is -0.271. The molecule has 0 unspecified atom stereocenters. The van der Waals surface area contributed by atoms with Crippen molar-refractivity contribution < 1.29 is 9.53 Å². The third-order valence-corrected chi connectivity index (χ3v) is 3.91. The van der Waals surface area contributed by atoms with Gasteiger partial charge in [0.2, 0.25) is 0 Å². The van der Waals surface area contributed by atoms with Gasteiger partial charge in [-0.1, -0.05) is 18.2 Å². The molecule has 0 aliphatic rings. The van der Waals surface area contributed by atoms with Crippen LogP contribution >= 0.6 is 11.3 Å². The van der Waals surface area contributed by atoms with Crippen LogP contribution in [0.4, 0.5) is 0 Å². The molecule has 1 N–H and O–H groups in total. The fourth-order valence-corrected chi connectivity index (χ4v) is 2.40. The number of ether oxygens (including phenoxy) is 1. The van der Waals surface area contributed by atoms with Gasteiger partial charge in [-0.05, 0) is 49.4 Å². The first-order chi connectivity index (χ1) is 10.1. The van der Waals surface area contributed by atoms with Crippen molar-refractivity contribution in [3.05, 3.63) is 51.7 Å². The molecule has 0 spiro atoms. The van der Waals surface area contributed by atoms with Crippen molar-refractivity contribution in [3.8, 4) is 5.75 Å². The van der Waals surface area contributed by atoms with Crippen molar-refractivity contribution >= 4 is 23.0 Å². The van der Waals surface area contributed by atoms with Gasteiger partial charge in [-0.3, -0.25) is 4.79 Å². The Labute approximate surface area is 128 Å². The van der Waals surface area contributed by atoms with E-state index in [9.17, 15) is 4.79 Å². The quantitative estimate of drug-likeness (QED) is 0.680. The van der Waals surface area contributed by atoms with E-state index >= 15 is 0 Å². The van der Waals surface area contributed by atoms with Gasteiger partial charge >= 0.3 is 0 Å². The maximum atomic E-state index is 11.7. The number of aryl methyl sites for hydroxylation is 2. The maximum absolute atomic E-state index is 11.7. The molecule has 0 aliphatic heterocycles. The first-order valence-electron chi connectivity index (χ1n) is 6.63. The van der Waals surface area contributed by atoms with E-state index in [1.54, 1.807) is 11.3 Å². The molecule has 110 valence electrons. The molecule has 0 aliphatic carbocycles. The van der Waals surface area contributed by atoms with Crippen LogP contribution in [0.15, 0.2) is 40.8 Å². The summed E-state index contributed by atoms with van der Waals surface area (Å²) in [6.07, 6.45) is 0. The van der Waals surface area contributed by atoms with Crippen molar-refractivity contribution in [1.29, 1.82) is 0 Å². The molecule has 1 aromatic heterocycles. The summed E-state index contributed by atoms with van der Waals surface area (Å²) in [5.41, 5.74) is 5.39. The monoisotopic (exact) mass is 302 g/mol. The molecule has 1 heterocycles. The molecule has 1 amide bonds. The molecule has 2 rings (SSSR count). The predicted molar refractivity (Wildman–Crippen MR) is 86.1 cm³/mol. The Bertz CT molecular complexity index is 648. The van der Waals surface area contributed by atoms with Crippen LogP contribution in [-0.4, -0.2) is 18.2 Å². The summed E-state index contributed by atoms with van der Waals surface area (Å²) < 4.78 is 5.52. The number of hydrogen-bond donors (Lipinski definition) is 1. The van der Waals surface area contributed by atoms with E-state index in [1.165, 1.54) is 0 Å². The molecular weight excluding hydrogens is 284 g/mol. The number of nitrogens with zero attached hydrogens (tertiary/aromatic N) is 1. The Balaban J connectivity index is 1.88. The van der Waals surface area contributed by atoms with E-state index in [4.69, 9.17) is 4.74 Å². The van der Waals surface area contributed by atoms with Gasteiger partial charge in [-0.25, -0.2) is 5.43 Å². The topological polar surface area (TPSA) is 50.7 Å². The molecule has 0 bridgehead atoms. The molecule has 0 atom stereocenters. The number of carbonyl (C=O) groups excluding carboxylic acids is 1. The van der Waals surface area contributed by atoms with Crippen molar-refractivity contribution in [2.45, 2.75) is 20.8 Å². The number of amides is 1. The summed E-state index contributed by atoms with van der Waals surface area (Å²) in [5, 5.41) is 6.04. The lowest BCUT2D eigenvalue weighted by Gasteiger charge is -2.09. The number of benzene rings is 1. The van der Waals surface area contributed by atoms with Crippen LogP contribution < -0.4 is 10.2 Å². The molecule has 0 radical (unpaired) electrons. The highest BCUT2D eigenvalue weighted by molar-refractivity contribution is 7.12. The summed E-state index contributed by atoms with van der Waals surface area (Å²) in [4.78, 5) is 12.8. The number of hydrogen-bond acceptors (Lipinski definition) is 4. The average molecular weight is 302 g/mol. The largest absolute Gasteiger partial charge is 0.483 e. The molecule has 5 heteroatoms. The zero-order chi connectivity index (χ0) is 15.2. The van der Waals surface area contributed by atoms with Crippen LogP contribution in [-0.2, 0) is 4.79 Å². The second kappa shape index (κ2) is 7.04. The minimum absolute atomic E-state index is 0.0501. The average Bonchev–Trinajstić information content (AvgIpc) is 3.00. The van der Waals surface area contributed by atoms with E-state index in [0.717, 1.165) is 27.5 Å². The van der Waals surface area contributed by atoms with Crippen molar-refractivity contribution in [2.24, 2.45) is 5.10 Å². The molecular formula is C16H18N2O2S. The van der Waals surface area contributed by atoms with Crippen LogP contribution in [0.2, 0.25) is 0 Å². The molecule has 21 heavy (non-hydrogen) atoms. The van der Waals surface area contributed by atoms with Crippen LogP contribution in [0.25, 0.3) is 0 Å². The third kappa shape index (κ3) is 4.43. The van der Waals surface area contributed by atoms with Gasteiger partial charge in [-0.15, -0.1) is 11.3 Å². The Morgan fingerprint density at radius 1 is 1.33 bits per heavy atom. The first-order valence-corrected chi connectivity index (χ1v) is 7.51. The second-order valence-corrected chi connectivity index (χ2v) is 5.71. The predicted octanol–water partition coefficient (Wildman–Crippen LogP) is 3.28. The number of nitrogens with one attached hydrogen (secondary N) is 1. The summed E-state index contributed by atoms with van der Waals surface area (Å²) in [5.74, 6) is 0.455. The van der Waals surface area contributed by atoms with E-state index in [2.05, 4.69) is 10.5 Å². The zero-order valence-corrected chi connectivity index (χ0v) is 13.2. The number of thiophene rings is 1. The fraction of sp³-hybridized carbons (Fsp3) is 0.250. The minimum Gasteiger partial charge on any atom is -0.483 e. The molecule has 0 saturated carbocycles. The van der Waals surface area contributed by atoms with Gasteiger partial charge < -0.3 is 4.74 Å². The Hall–Kier alpha value is -2.14. The Morgan fingerprint density at radius 3 is 2.86 bits per heavy atom. The van der Waals surface area contributed by atoms with Crippen molar-refractivity contribution in [2.75, 3.05) is 6.61 Å². The first kappa shape index (κ1) is 15.3. The van der Waals surface area contributed by atoms with Gasteiger partial charge in [0.05, 0.1) is 5.71 Å². The lowest BCUT2D eigenvalue weighted by atomic mass is 10.1. The van der Waals surface area contributed by atoms with Crippen molar-refractivity contribution in [1.82, 2.24) is 5.43 Å². The summed E-state index contributed by atoms with van der Waals surface area (Å²) in [6.45, 7) is 5.75. The van der Waals surface area contributed by atoms with Gasteiger partial charge in [0, 0.05) is 4.88 Å². The lowest BCUT2D eigenvalue weighted by Crippen LogP contribution is -2.25. The van der Waals surface area contributed by atoms with Gasteiger partial charge in [0.1, 0.15) is 5.75 Å². The number of hydrazone groups is 1. The lowest BCUT2D eigenvalue weighted by molar-refractivity contribution is -0.123. The van der Waals surface area contributed by atoms with E-state index in [-0.39, 0.29) is 12.5 Å².